The highest BCUT2D eigenvalue weighted by atomic mass is 32.2. The minimum absolute atomic E-state index is 0.0483. The average molecular weight is 384 g/mol. The van der Waals surface area contributed by atoms with Crippen molar-refractivity contribution in [3.63, 3.8) is 0 Å². The number of sulfonamides is 1. The van der Waals surface area contributed by atoms with Gasteiger partial charge in [-0.15, -0.1) is 0 Å². The van der Waals surface area contributed by atoms with Crippen molar-refractivity contribution < 1.29 is 13.2 Å². The summed E-state index contributed by atoms with van der Waals surface area (Å²) < 4.78 is 27.8. The van der Waals surface area contributed by atoms with Gasteiger partial charge in [0.05, 0.1) is 12.1 Å². The third-order valence-corrected chi connectivity index (χ3v) is 7.39. The van der Waals surface area contributed by atoms with Crippen LogP contribution in [0.3, 0.4) is 0 Å². The summed E-state index contributed by atoms with van der Waals surface area (Å²) in [6.07, 6.45) is 10.4. The van der Waals surface area contributed by atoms with Crippen LogP contribution in [0, 0.1) is 0 Å². The number of carbonyl (C=O) groups is 1. The van der Waals surface area contributed by atoms with Gasteiger partial charge in [-0.25, -0.2) is 18.2 Å². The molecule has 0 unspecified atom stereocenters. The quantitative estimate of drug-likeness (QED) is 0.801. The Balaban J connectivity index is 1.37. The number of amides is 2. The molecule has 0 atom stereocenters. The van der Waals surface area contributed by atoms with E-state index in [0.717, 1.165) is 45.1 Å². The van der Waals surface area contributed by atoms with Crippen LogP contribution in [-0.4, -0.2) is 71.2 Å². The number of urea groups is 1. The first-order chi connectivity index (χ1) is 12.5. The van der Waals surface area contributed by atoms with E-state index in [1.54, 1.807) is 21.7 Å². The minimum Gasteiger partial charge on any atom is -0.337 e. The lowest BCUT2D eigenvalue weighted by molar-refractivity contribution is 0.190. The predicted octanol–water partition coefficient (Wildman–Crippen LogP) is 1.26. The average Bonchev–Trinajstić information content (AvgIpc) is 3.24. The Morgan fingerprint density at radius 1 is 1.31 bits per heavy atom. The summed E-state index contributed by atoms with van der Waals surface area (Å²) in [5.41, 5.74) is 0. The van der Waals surface area contributed by atoms with Crippen molar-refractivity contribution >= 4 is 16.1 Å². The maximum atomic E-state index is 12.3. The predicted molar refractivity (Wildman–Crippen MR) is 99.2 cm³/mol. The number of hydrogen-bond donors (Lipinski definition) is 1. The van der Waals surface area contributed by atoms with Crippen LogP contribution < -0.4 is 5.32 Å². The Hall–Kier alpha value is -1.61. The van der Waals surface area contributed by atoms with Gasteiger partial charge in [0.2, 0.25) is 10.0 Å². The highest BCUT2D eigenvalue weighted by molar-refractivity contribution is 7.89. The second-order valence-corrected chi connectivity index (χ2v) is 9.35. The van der Waals surface area contributed by atoms with E-state index in [0.29, 0.717) is 13.1 Å². The van der Waals surface area contributed by atoms with Crippen LogP contribution in [0.1, 0.15) is 38.5 Å². The molecule has 0 bridgehead atoms. The highest BCUT2D eigenvalue weighted by Gasteiger charge is 2.36. The first-order valence-corrected chi connectivity index (χ1v) is 11.0. The Bertz CT molecular complexity index is 683. The van der Waals surface area contributed by atoms with Gasteiger partial charge in [0.1, 0.15) is 0 Å². The molecule has 146 valence electrons. The van der Waals surface area contributed by atoms with E-state index in [2.05, 4.69) is 10.3 Å². The van der Waals surface area contributed by atoms with Gasteiger partial charge in [0, 0.05) is 51.2 Å². The van der Waals surface area contributed by atoms with E-state index >= 15 is 0 Å². The standard InChI is InChI=1S/C17H29N5O3S/c1-20(9-2-10-21-12-8-18-14-21)17(23)19-15-4-6-16(7-5-15)22-11-3-13-26(22,24)25/h8,12,14-16H,2-7,9-11,13H2,1H3,(H,19,23). The molecule has 26 heavy (non-hydrogen) atoms. The zero-order valence-corrected chi connectivity index (χ0v) is 16.2. The van der Waals surface area contributed by atoms with Crippen LogP contribution in [0.4, 0.5) is 4.79 Å². The molecule has 0 radical (unpaired) electrons. The smallest absolute Gasteiger partial charge is 0.317 e. The Morgan fingerprint density at radius 2 is 2.08 bits per heavy atom. The maximum absolute atomic E-state index is 12.3. The van der Waals surface area contributed by atoms with E-state index in [-0.39, 0.29) is 23.9 Å². The Kier molecular flexibility index (Phi) is 6.18. The van der Waals surface area contributed by atoms with Crippen molar-refractivity contribution in [2.45, 2.75) is 57.2 Å². The summed E-state index contributed by atoms with van der Waals surface area (Å²) in [6, 6.07) is 0.205. The summed E-state index contributed by atoms with van der Waals surface area (Å²) in [6.45, 7) is 2.18. The number of aromatic nitrogens is 2. The van der Waals surface area contributed by atoms with Crippen molar-refractivity contribution in [3.8, 4) is 0 Å². The van der Waals surface area contributed by atoms with Crippen LogP contribution in [0.2, 0.25) is 0 Å². The molecule has 1 saturated heterocycles. The number of imidazole rings is 1. The normalized spacial score (nSPS) is 25.9. The topological polar surface area (TPSA) is 87.5 Å². The molecule has 8 nitrogen and oxygen atoms in total. The lowest BCUT2D eigenvalue weighted by atomic mass is 9.91. The van der Waals surface area contributed by atoms with Crippen molar-refractivity contribution in [2.24, 2.45) is 0 Å². The number of hydrogen-bond acceptors (Lipinski definition) is 4. The first kappa shape index (κ1) is 19.2. The largest absolute Gasteiger partial charge is 0.337 e. The third kappa shape index (κ3) is 4.76. The molecule has 1 aromatic rings. The number of carbonyl (C=O) groups excluding carboxylic acids is 1. The fourth-order valence-corrected chi connectivity index (χ4v) is 5.67. The first-order valence-electron chi connectivity index (χ1n) is 9.42. The zero-order valence-electron chi connectivity index (χ0n) is 15.4. The molecule has 0 aromatic carbocycles. The number of aryl methyl sites for hydroxylation is 1. The van der Waals surface area contributed by atoms with E-state index < -0.39 is 10.0 Å². The summed E-state index contributed by atoms with van der Waals surface area (Å²) >= 11 is 0. The van der Waals surface area contributed by atoms with Crippen molar-refractivity contribution in [3.05, 3.63) is 18.7 Å². The second-order valence-electron chi connectivity index (χ2n) is 7.31. The van der Waals surface area contributed by atoms with Crippen molar-refractivity contribution in [2.75, 3.05) is 25.9 Å². The van der Waals surface area contributed by atoms with Crippen molar-refractivity contribution in [1.82, 2.24) is 24.1 Å². The molecule has 2 fully saturated rings. The molecule has 2 heterocycles. The molecular weight excluding hydrogens is 354 g/mol. The fraction of sp³-hybridized carbons (Fsp3) is 0.765. The van der Waals surface area contributed by atoms with Gasteiger partial charge >= 0.3 is 6.03 Å². The number of nitrogens with one attached hydrogen (secondary N) is 1. The highest BCUT2D eigenvalue weighted by Crippen LogP contribution is 2.28. The van der Waals surface area contributed by atoms with Crippen LogP contribution in [0.25, 0.3) is 0 Å². The molecule has 9 heteroatoms. The molecule has 0 spiro atoms. The molecule has 1 saturated carbocycles. The zero-order chi connectivity index (χ0) is 18.6. The van der Waals surface area contributed by atoms with E-state index in [1.165, 1.54) is 0 Å². The molecule has 2 amide bonds. The lowest BCUT2D eigenvalue weighted by Gasteiger charge is -2.34. The van der Waals surface area contributed by atoms with E-state index in [9.17, 15) is 13.2 Å². The Morgan fingerprint density at radius 3 is 2.69 bits per heavy atom. The van der Waals surface area contributed by atoms with Gasteiger partial charge in [-0.3, -0.25) is 0 Å². The number of rotatable bonds is 6. The van der Waals surface area contributed by atoms with Crippen LogP contribution >= 0.6 is 0 Å². The van der Waals surface area contributed by atoms with Crippen LogP contribution in [0.15, 0.2) is 18.7 Å². The van der Waals surface area contributed by atoms with Crippen LogP contribution in [0.5, 0.6) is 0 Å². The minimum atomic E-state index is -3.04. The van der Waals surface area contributed by atoms with Gasteiger partial charge in [-0.05, 0) is 38.5 Å². The molecule has 1 N–H and O–H groups in total. The lowest BCUT2D eigenvalue weighted by Crippen LogP contribution is -2.47. The summed E-state index contributed by atoms with van der Waals surface area (Å²) in [5.74, 6) is 0.285. The monoisotopic (exact) mass is 383 g/mol. The summed E-state index contributed by atoms with van der Waals surface area (Å²) in [4.78, 5) is 18.1. The van der Waals surface area contributed by atoms with Gasteiger partial charge in [0.25, 0.3) is 0 Å². The van der Waals surface area contributed by atoms with Gasteiger partial charge < -0.3 is 14.8 Å². The third-order valence-electron chi connectivity index (χ3n) is 5.39. The van der Waals surface area contributed by atoms with E-state index in [4.69, 9.17) is 0 Å². The van der Waals surface area contributed by atoms with Crippen LogP contribution in [-0.2, 0) is 16.6 Å². The van der Waals surface area contributed by atoms with Gasteiger partial charge in [-0.2, -0.15) is 4.31 Å². The second kappa shape index (κ2) is 8.39. The fourth-order valence-electron chi connectivity index (χ4n) is 3.87. The van der Waals surface area contributed by atoms with Gasteiger partial charge in [0.15, 0.2) is 0 Å². The summed E-state index contributed by atoms with van der Waals surface area (Å²) in [7, 11) is -1.23. The van der Waals surface area contributed by atoms with Gasteiger partial charge in [-0.1, -0.05) is 0 Å². The molecule has 3 rings (SSSR count). The van der Waals surface area contributed by atoms with E-state index in [1.807, 2.05) is 17.8 Å². The SMILES string of the molecule is CN(CCCn1ccnc1)C(=O)NC1CCC(N2CCCS2(=O)=O)CC1. The summed E-state index contributed by atoms with van der Waals surface area (Å²) in [5, 5.41) is 3.09. The molecular formula is C17H29N5O3S. The molecule has 2 aliphatic rings. The molecule has 1 aromatic heterocycles. The molecule has 1 aliphatic heterocycles. The Labute approximate surface area is 155 Å². The number of nitrogens with zero attached hydrogens (tertiary/aromatic N) is 4. The molecule has 1 aliphatic carbocycles. The van der Waals surface area contributed by atoms with Crippen molar-refractivity contribution in [1.29, 1.82) is 0 Å². The maximum Gasteiger partial charge on any atom is 0.317 e.